The summed E-state index contributed by atoms with van der Waals surface area (Å²) in [6.07, 6.45) is 0. The molecule has 1 aromatic carbocycles. The van der Waals surface area contributed by atoms with Gasteiger partial charge in [0.05, 0.1) is 17.2 Å². The van der Waals surface area contributed by atoms with E-state index in [-0.39, 0.29) is 17.2 Å². The quantitative estimate of drug-likeness (QED) is 0.464. The monoisotopic (exact) mass is 240 g/mol. The summed E-state index contributed by atoms with van der Waals surface area (Å²) in [5.74, 6) is -1.55. The van der Waals surface area contributed by atoms with E-state index in [2.05, 4.69) is 4.74 Å². The van der Waals surface area contributed by atoms with E-state index < -0.39 is 11.8 Å². The molecule has 0 aliphatic carbocycles. The highest BCUT2D eigenvalue weighted by atomic mass is 35.5. The number of ketones is 1. The van der Waals surface area contributed by atoms with Crippen LogP contribution in [0.5, 0.6) is 0 Å². The standard InChI is InChI=1S/C12H13ClO3/c1-4-16-12(15)11(14)10-8(3)7(2)5-6-9(10)13/h5-6H,4H2,1-3H3. The molecule has 3 nitrogen and oxygen atoms in total. The fraction of sp³-hybridized carbons (Fsp3) is 0.333. The van der Waals surface area contributed by atoms with Gasteiger partial charge in [0, 0.05) is 0 Å². The van der Waals surface area contributed by atoms with Crippen molar-refractivity contribution in [2.75, 3.05) is 6.61 Å². The van der Waals surface area contributed by atoms with Crippen molar-refractivity contribution in [1.82, 2.24) is 0 Å². The van der Waals surface area contributed by atoms with Crippen LogP contribution in [0.4, 0.5) is 0 Å². The van der Waals surface area contributed by atoms with E-state index >= 15 is 0 Å². The Kier molecular flexibility index (Phi) is 4.07. The fourth-order valence-electron chi connectivity index (χ4n) is 1.36. The van der Waals surface area contributed by atoms with Gasteiger partial charge in [-0.15, -0.1) is 0 Å². The van der Waals surface area contributed by atoms with Crippen molar-refractivity contribution in [3.63, 3.8) is 0 Å². The largest absolute Gasteiger partial charge is 0.460 e. The molecule has 0 amide bonds. The highest BCUT2D eigenvalue weighted by molar-refractivity contribution is 6.45. The molecule has 0 aliphatic heterocycles. The van der Waals surface area contributed by atoms with Gasteiger partial charge in [0.2, 0.25) is 0 Å². The highest BCUT2D eigenvalue weighted by Crippen LogP contribution is 2.23. The van der Waals surface area contributed by atoms with E-state index in [1.165, 1.54) is 0 Å². The Morgan fingerprint density at radius 2 is 1.94 bits per heavy atom. The SMILES string of the molecule is CCOC(=O)C(=O)c1c(Cl)ccc(C)c1C. The van der Waals surface area contributed by atoms with E-state index in [9.17, 15) is 9.59 Å². The molecule has 0 saturated heterocycles. The van der Waals surface area contributed by atoms with E-state index in [0.717, 1.165) is 5.56 Å². The number of carbonyl (C=O) groups is 2. The van der Waals surface area contributed by atoms with Gasteiger partial charge in [-0.1, -0.05) is 17.7 Å². The molecule has 86 valence electrons. The normalized spacial score (nSPS) is 10.0. The van der Waals surface area contributed by atoms with Crippen molar-refractivity contribution >= 4 is 23.4 Å². The Morgan fingerprint density at radius 3 is 2.50 bits per heavy atom. The number of esters is 1. The maximum atomic E-state index is 11.8. The van der Waals surface area contributed by atoms with Crippen LogP contribution in [0, 0.1) is 13.8 Å². The molecule has 0 radical (unpaired) electrons. The molecule has 4 heteroatoms. The lowest BCUT2D eigenvalue weighted by atomic mass is 10.00. The molecule has 1 rings (SSSR count). The van der Waals surface area contributed by atoms with Crippen LogP contribution < -0.4 is 0 Å². The van der Waals surface area contributed by atoms with Crippen molar-refractivity contribution in [2.45, 2.75) is 20.8 Å². The van der Waals surface area contributed by atoms with Gasteiger partial charge < -0.3 is 4.74 Å². The lowest BCUT2D eigenvalue weighted by Gasteiger charge is -2.09. The molecule has 0 aliphatic rings. The van der Waals surface area contributed by atoms with Gasteiger partial charge in [0.15, 0.2) is 0 Å². The molecule has 0 fully saturated rings. The Bertz CT molecular complexity index is 438. The summed E-state index contributed by atoms with van der Waals surface area (Å²) in [4.78, 5) is 23.1. The van der Waals surface area contributed by atoms with Crippen LogP contribution in [-0.4, -0.2) is 18.4 Å². The van der Waals surface area contributed by atoms with Crippen LogP contribution in [-0.2, 0) is 9.53 Å². The molecule has 0 saturated carbocycles. The summed E-state index contributed by atoms with van der Waals surface area (Å²) in [5.41, 5.74) is 1.86. The number of Topliss-reactive ketones (excluding diaryl/α,β-unsaturated/α-hetero) is 1. The fourth-order valence-corrected chi connectivity index (χ4v) is 1.65. The second-order valence-electron chi connectivity index (χ2n) is 3.41. The molecule has 0 aromatic heterocycles. The van der Waals surface area contributed by atoms with Crippen LogP contribution in [0.15, 0.2) is 12.1 Å². The minimum absolute atomic E-state index is 0.174. The molecule has 0 spiro atoms. The first-order valence-corrected chi connectivity index (χ1v) is 5.34. The number of hydrogen-bond acceptors (Lipinski definition) is 3. The van der Waals surface area contributed by atoms with Gasteiger partial charge in [-0.25, -0.2) is 4.79 Å². The molecular formula is C12H13ClO3. The van der Waals surface area contributed by atoms with Crippen molar-refractivity contribution < 1.29 is 14.3 Å². The molecule has 16 heavy (non-hydrogen) atoms. The van der Waals surface area contributed by atoms with Gasteiger partial charge in [-0.05, 0) is 38.0 Å². The number of aryl methyl sites for hydroxylation is 1. The average molecular weight is 241 g/mol. The highest BCUT2D eigenvalue weighted by Gasteiger charge is 2.22. The Balaban J connectivity index is 3.18. The first-order chi connectivity index (χ1) is 7.49. The smallest absolute Gasteiger partial charge is 0.379 e. The van der Waals surface area contributed by atoms with Crippen molar-refractivity contribution in [1.29, 1.82) is 0 Å². The summed E-state index contributed by atoms with van der Waals surface area (Å²) in [5, 5.41) is 0.279. The lowest BCUT2D eigenvalue weighted by Crippen LogP contribution is -2.19. The third-order valence-corrected chi connectivity index (χ3v) is 2.69. The van der Waals surface area contributed by atoms with Crippen molar-refractivity contribution in [3.8, 4) is 0 Å². The summed E-state index contributed by atoms with van der Waals surface area (Å²) in [6.45, 7) is 5.43. The summed E-state index contributed by atoms with van der Waals surface area (Å²) in [7, 11) is 0. The third-order valence-electron chi connectivity index (χ3n) is 2.37. The lowest BCUT2D eigenvalue weighted by molar-refractivity contribution is -0.137. The van der Waals surface area contributed by atoms with E-state index in [4.69, 9.17) is 11.6 Å². The number of carbonyl (C=O) groups excluding carboxylic acids is 2. The van der Waals surface area contributed by atoms with Crippen LogP contribution in [0.2, 0.25) is 5.02 Å². The van der Waals surface area contributed by atoms with Crippen molar-refractivity contribution in [2.24, 2.45) is 0 Å². The minimum atomic E-state index is -0.863. The minimum Gasteiger partial charge on any atom is -0.460 e. The van der Waals surface area contributed by atoms with Gasteiger partial charge >= 0.3 is 5.97 Å². The zero-order valence-corrected chi connectivity index (χ0v) is 10.2. The number of halogens is 1. The second kappa shape index (κ2) is 5.12. The Hall–Kier alpha value is -1.35. The predicted octanol–water partition coefficient (Wildman–Crippen LogP) is 2.70. The summed E-state index contributed by atoms with van der Waals surface area (Å²) >= 11 is 5.91. The Labute approximate surface area is 99.4 Å². The van der Waals surface area contributed by atoms with Crippen LogP contribution in [0.3, 0.4) is 0 Å². The van der Waals surface area contributed by atoms with Gasteiger partial charge in [0.1, 0.15) is 0 Å². The molecule has 1 aromatic rings. The Morgan fingerprint density at radius 1 is 1.31 bits per heavy atom. The third kappa shape index (κ3) is 2.42. The topological polar surface area (TPSA) is 43.4 Å². The first-order valence-electron chi connectivity index (χ1n) is 4.96. The van der Waals surface area contributed by atoms with Crippen LogP contribution >= 0.6 is 11.6 Å². The molecule has 0 N–H and O–H groups in total. The van der Waals surface area contributed by atoms with E-state index in [1.807, 2.05) is 6.92 Å². The summed E-state index contributed by atoms with van der Waals surface area (Å²) in [6, 6.07) is 3.41. The molecular weight excluding hydrogens is 228 g/mol. The second-order valence-corrected chi connectivity index (χ2v) is 3.82. The molecule has 0 unspecified atom stereocenters. The zero-order valence-electron chi connectivity index (χ0n) is 9.46. The molecule has 0 heterocycles. The van der Waals surface area contributed by atoms with E-state index in [0.29, 0.717) is 5.56 Å². The average Bonchev–Trinajstić information content (AvgIpc) is 2.24. The van der Waals surface area contributed by atoms with Gasteiger partial charge in [-0.2, -0.15) is 0 Å². The first kappa shape index (κ1) is 12.7. The summed E-state index contributed by atoms with van der Waals surface area (Å²) < 4.78 is 4.66. The van der Waals surface area contributed by atoms with Crippen LogP contribution in [0.25, 0.3) is 0 Å². The maximum absolute atomic E-state index is 11.8. The molecule has 0 bridgehead atoms. The number of rotatable bonds is 3. The van der Waals surface area contributed by atoms with Gasteiger partial charge in [-0.3, -0.25) is 4.79 Å². The molecule has 0 atom stereocenters. The zero-order chi connectivity index (χ0) is 12.3. The number of benzene rings is 1. The van der Waals surface area contributed by atoms with E-state index in [1.54, 1.807) is 26.0 Å². The maximum Gasteiger partial charge on any atom is 0.379 e. The van der Waals surface area contributed by atoms with Gasteiger partial charge in [0.25, 0.3) is 5.78 Å². The predicted molar refractivity (Wildman–Crippen MR) is 61.9 cm³/mol. The van der Waals surface area contributed by atoms with Crippen molar-refractivity contribution in [3.05, 3.63) is 33.8 Å². The van der Waals surface area contributed by atoms with Crippen LogP contribution in [0.1, 0.15) is 28.4 Å². The number of hydrogen-bond donors (Lipinski definition) is 0. The number of ether oxygens (including phenoxy) is 1.